The Balaban J connectivity index is 1.39. The number of fused-ring (bicyclic) bond motifs is 1. The molecule has 4 rings (SSSR count). The number of H-pyrrole nitrogens is 1. The summed E-state index contributed by atoms with van der Waals surface area (Å²) in [6, 6.07) is 10.4. The number of likely N-dealkylation sites (tertiary alicyclic amines) is 1. The topological polar surface area (TPSA) is 71.1 Å². The van der Waals surface area contributed by atoms with Gasteiger partial charge in [-0.05, 0) is 31.5 Å². The van der Waals surface area contributed by atoms with Gasteiger partial charge in [0.25, 0.3) is 0 Å². The summed E-state index contributed by atoms with van der Waals surface area (Å²) in [7, 11) is 0. The summed E-state index contributed by atoms with van der Waals surface area (Å²) < 4.78 is 5.90. The Morgan fingerprint density at radius 3 is 2.85 bits per heavy atom. The van der Waals surface area contributed by atoms with Crippen LogP contribution >= 0.6 is 0 Å². The van der Waals surface area contributed by atoms with Gasteiger partial charge in [-0.25, -0.2) is 9.97 Å². The molecular formula is C20H22N4O2. The first kappa shape index (κ1) is 16.6. The molecule has 0 unspecified atom stereocenters. The number of carbonyl (C=O) groups excluding carboxylic acids is 1. The number of amides is 1. The highest BCUT2D eigenvalue weighted by atomic mass is 16.5. The van der Waals surface area contributed by atoms with E-state index in [1.807, 2.05) is 55.3 Å². The van der Waals surface area contributed by atoms with Crippen molar-refractivity contribution in [3.05, 3.63) is 53.5 Å². The van der Waals surface area contributed by atoms with Crippen LogP contribution in [-0.4, -0.2) is 45.0 Å². The van der Waals surface area contributed by atoms with E-state index in [9.17, 15) is 4.79 Å². The van der Waals surface area contributed by atoms with Crippen molar-refractivity contribution >= 4 is 16.8 Å². The van der Waals surface area contributed by atoms with Crippen LogP contribution in [0.25, 0.3) is 10.9 Å². The van der Waals surface area contributed by atoms with Crippen LogP contribution in [0, 0.1) is 13.8 Å². The lowest BCUT2D eigenvalue weighted by Gasteiger charge is -2.16. The van der Waals surface area contributed by atoms with Crippen molar-refractivity contribution in [3.63, 3.8) is 0 Å². The lowest BCUT2D eigenvalue weighted by molar-refractivity contribution is -0.129. The van der Waals surface area contributed by atoms with Crippen LogP contribution in [0.1, 0.15) is 23.4 Å². The Bertz CT molecular complexity index is 930. The van der Waals surface area contributed by atoms with Crippen LogP contribution in [0.15, 0.2) is 36.5 Å². The summed E-state index contributed by atoms with van der Waals surface area (Å²) in [4.78, 5) is 26.4. The lowest BCUT2D eigenvalue weighted by atomic mass is 10.1. The second-order valence-electron chi connectivity index (χ2n) is 6.84. The molecule has 6 nitrogen and oxygen atoms in total. The predicted molar refractivity (Wildman–Crippen MR) is 99.1 cm³/mol. The van der Waals surface area contributed by atoms with E-state index >= 15 is 0 Å². The molecule has 134 valence electrons. The van der Waals surface area contributed by atoms with E-state index in [0.717, 1.165) is 34.3 Å². The molecule has 2 aromatic heterocycles. The predicted octanol–water partition coefficient (Wildman–Crippen LogP) is 2.80. The SMILES string of the molecule is Cc1cc(C)nc(O[C@@H]2CCN(C(=O)Cc3c[nH]c4ccccc34)C2)n1. The van der Waals surface area contributed by atoms with E-state index in [1.165, 1.54) is 0 Å². The molecule has 0 aliphatic carbocycles. The number of aromatic nitrogens is 3. The zero-order valence-electron chi connectivity index (χ0n) is 15.0. The molecule has 1 aliphatic heterocycles. The van der Waals surface area contributed by atoms with Crippen molar-refractivity contribution in [2.75, 3.05) is 13.1 Å². The minimum atomic E-state index is -0.0527. The van der Waals surface area contributed by atoms with Crippen LogP contribution in [0.4, 0.5) is 0 Å². The van der Waals surface area contributed by atoms with Crippen LogP contribution in [0.3, 0.4) is 0 Å². The summed E-state index contributed by atoms with van der Waals surface area (Å²) in [5, 5.41) is 1.11. The fourth-order valence-electron chi connectivity index (χ4n) is 3.50. The van der Waals surface area contributed by atoms with Crippen molar-refractivity contribution in [1.82, 2.24) is 19.9 Å². The van der Waals surface area contributed by atoms with Crippen molar-refractivity contribution in [3.8, 4) is 6.01 Å². The minimum absolute atomic E-state index is 0.0527. The molecule has 1 atom stereocenters. The van der Waals surface area contributed by atoms with Gasteiger partial charge in [0.15, 0.2) is 0 Å². The highest BCUT2D eigenvalue weighted by molar-refractivity contribution is 5.89. The molecule has 0 radical (unpaired) electrons. The maximum atomic E-state index is 12.7. The number of nitrogens with zero attached hydrogens (tertiary/aromatic N) is 3. The first-order valence-electron chi connectivity index (χ1n) is 8.90. The average molecular weight is 350 g/mol. The molecule has 3 aromatic rings. The number of carbonyl (C=O) groups is 1. The molecule has 0 bridgehead atoms. The van der Waals surface area contributed by atoms with Crippen LogP contribution in [0.5, 0.6) is 6.01 Å². The Labute approximate surface area is 152 Å². The molecule has 1 N–H and O–H groups in total. The van der Waals surface area contributed by atoms with Gasteiger partial charge >= 0.3 is 6.01 Å². The lowest BCUT2D eigenvalue weighted by Crippen LogP contribution is -2.32. The van der Waals surface area contributed by atoms with E-state index in [4.69, 9.17) is 4.74 Å². The largest absolute Gasteiger partial charge is 0.458 e. The molecule has 26 heavy (non-hydrogen) atoms. The number of benzene rings is 1. The van der Waals surface area contributed by atoms with Gasteiger partial charge in [0, 0.05) is 41.5 Å². The second-order valence-corrected chi connectivity index (χ2v) is 6.84. The van der Waals surface area contributed by atoms with Crippen LogP contribution in [-0.2, 0) is 11.2 Å². The van der Waals surface area contributed by atoms with E-state index < -0.39 is 0 Å². The minimum Gasteiger partial charge on any atom is -0.458 e. The fraction of sp³-hybridized carbons (Fsp3) is 0.350. The molecule has 1 saturated heterocycles. The van der Waals surface area contributed by atoms with E-state index in [-0.39, 0.29) is 12.0 Å². The third-order valence-electron chi connectivity index (χ3n) is 4.75. The van der Waals surface area contributed by atoms with Crippen molar-refractivity contribution in [1.29, 1.82) is 0 Å². The first-order valence-corrected chi connectivity index (χ1v) is 8.90. The normalized spacial score (nSPS) is 17.0. The fourth-order valence-corrected chi connectivity index (χ4v) is 3.50. The molecule has 0 saturated carbocycles. The molecule has 6 heteroatoms. The molecule has 0 spiro atoms. The molecular weight excluding hydrogens is 328 g/mol. The Hall–Kier alpha value is -2.89. The van der Waals surface area contributed by atoms with Crippen molar-refractivity contribution in [2.45, 2.75) is 32.8 Å². The van der Waals surface area contributed by atoms with E-state index in [1.54, 1.807) is 0 Å². The summed E-state index contributed by atoms with van der Waals surface area (Å²) in [6.07, 6.45) is 3.08. The Kier molecular flexibility index (Phi) is 4.32. The molecule has 1 amide bonds. The number of rotatable bonds is 4. The van der Waals surface area contributed by atoms with Gasteiger partial charge in [-0.2, -0.15) is 0 Å². The smallest absolute Gasteiger partial charge is 0.317 e. The quantitative estimate of drug-likeness (QED) is 0.785. The van der Waals surface area contributed by atoms with E-state index in [2.05, 4.69) is 15.0 Å². The van der Waals surface area contributed by atoms with Gasteiger partial charge in [0.2, 0.25) is 5.91 Å². The molecule has 1 aliphatic rings. The molecule has 3 heterocycles. The number of nitrogens with one attached hydrogen (secondary N) is 1. The average Bonchev–Trinajstić information content (AvgIpc) is 3.22. The second kappa shape index (κ2) is 6.78. The number of hydrogen-bond donors (Lipinski definition) is 1. The third-order valence-corrected chi connectivity index (χ3v) is 4.75. The van der Waals surface area contributed by atoms with E-state index in [0.29, 0.717) is 25.5 Å². The first-order chi connectivity index (χ1) is 12.6. The van der Waals surface area contributed by atoms with Crippen LogP contribution < -0.4 is 4.74 Å². The monoisotopic (exact) mass is 350 g/mol. The summed E-state index contributed by atoms with van der Waals surface area (Å²) >= 11 is 0. The maximum Gasteiger partial charge on any atom is 0.317 e. The van der Waals surface area contributed by atoms with Crippen molar-refractivity contribution < 1.29 is 9.53 Å². The van der Waals surface area contributed by atoms with Gasteiger partial charge < -0.3 is 14.6 Å². The highest BCUT2D eigenvalue weighted by Crippen LogP contribution is 2.21. The molecule has 1 aromatic carbocycles. The number of hydrogen-bond acceptors (Lipinski definition) is 4. The number of ether oxygens (including phenoxy) is 1. The maximum absolute atomic E-state index is 12.7. The highest BCUT2D eigenvalue weighted by Gasteiger charge is 2.28. The Morgan fingerprint density at radius 2 is 2.04 bits per heavy atom. The van der Waals surface area contributed by atoms with Crippen molar-refractivity contribution in [2.24, 2.45) is 0 Å². The van der Waals surface area contributed by atoms with Gasteiger partial charge in [-0.15, -0.1) is 0 Å². The summed E-state index contributed by atoms with van der Waals surface area (Å²) in [6.45, 7) is 5.13. The van der Waals surface area contributed by atoms with Gasteiger partial charge in [0.1, 0.15) is 6.10 Å². The molecule has 1 fully saturated rings. The standard InChI is InChI=1S/C20H22N4O2/c1-13-9-14(2)23-20(22-13)26-16-7-8-24(12-16)19(25)10-15-11-21-18-6-4-3-5-17(15)18/h3-6,9,11,16,21H,7-8,10,12H2,1-2H3/t16-/m1/s1. The Morgan fingerprint density at radius 1 is 1.27 bits per heavy atom. The number of para-hydroxylation sites is 1. The number of aromatic amines is 1. The van der Waals surface area contributed by atoms with Gasteiger partial charge in [0.05, 0.1) is 13.0 Å². The van der Waals surface area contributed by atoms with Gasteiger partial charge in [-0.1, -0.05) is 18.2 Å². The number of aryl methyl sites for hydroxylation is 2. The van der Waals surface area contributed by atoms with Gasteiger partial charge in [-0.3, -0.25) is 4.79 Å². The van der Waals surface area contributed by atoms with Crippen LogP contribution in [0.2, 0.25) is 0 Å². The zero-order chi connectivity index (χ0) is 18.1. The third kappa shape index (κ3) is 3.40. The summed E-state index contributed by atoms with van der Waals surface area (Å²) in [5.74, 6) is 0.127. The summed E-state index contributed by atoms with van der Waals surface area (Å²) in [5.41, 5.74) is 3.87. The zero-order valence-corrected chi connectivity index (χ0v) is 15.0.